The summed E-state index contributed by atoms with van der Waals surface area (Å²) in [6, 6.07) is 1.83. The van der Waals surface area contributed by atoms with Crippen molar-refractivity contribution in [3.63, 3.8) is 0 Å². The van der Waals surface area contributed by atoms with Crippen molar-refractivity contribution < 1.29 is 9.84 Å². The number of nitrogens with zero attached hydrogens (tertiary/aromatic N) is 1. The van der Waals surface area contributed by atoms with E-state index in [1.807, 2.05) is 6.07 Å². The van der Waals surface area contributed by atoms with E-state index < -0.39 is 0 Å². The Labute approximate surface area is 87.7 Å². The zero-order valence-corrected chi connectivity index (χ0v) is 8.44. The van der Waals surface area contributed by atoms with E-state index in [4.69, 9.17) is 16.3 Å². The number of aromatic nitrogens is 1. The van der Waals surface area contributed by atoms with Crippen LogP contribution in [0.5, 0.6) is 0 Å². The molecule has 4 heteroatoms. The molecule has 1 aromatic heterocycles. The van der Waals surface area contributed by atoms with E-state index in [0.717, 1.165) is 5.56 Å². The first-order valence-corrected chi connectivity index (χ1v) is 5.03. The van der Waals surface area contributed by atoms with Crippen LogP contribution in [-0.2, 0) is 4.74 Å². The van der Waals surface area contributed by atoms with E-state index in [9.17, 15) is 5.11 Å². The number of aliphatic hydroxyl groups is 1. The van der Waals surface area contributed by atoms with Gasteiger partial charge >= 0.3 is 0 Å². The molecule has 0 bridgehead atoms. The van der Waals surface area contributed by atoms with Crippen LogP contribution in [0.1, 0.15) is 24.5 Å². The lowest BCUT2D eigenvalue weighted by Crippen LogP contribution is -2.23. The molecule has 3 nitrogen and oxygen atoms in total. The maximum Gasteiger partial charge on any atom is 0.0864 e. The fourth-order valence-electron chi connectivity index (χ4n) is 1.62. The third kappa shape index (κ3) is 2.23. The first-order chi connectivity index (χ1) is 6.75. The molecule has 2 heterocycles. The summed E-state index contributed by atoms with van der Waals surface area (Å²) in [5.74, 6) is 0. The summed E-state index contributed by atoms with van der Waals surface area (Å²) in [5, 5.41) is 10.1. The van der Waals surface area contributed by atoms with Crippen molar-refractivity contribution in [3.8, 4) is 0 Å². The van der Waals surface area contributed by atoms with E-state index in [1.165, 1.54) is 0 Å². The quantitative estimate of drug-likeness (QED) is 0.776. The summed E-state index contributed by atoms with van der Waals surface area (Å²) in [7, 11) is 0. The lowest BCUT2D eigenvalue weighted by molar-refractivity contribution is -0.0449. The molecule has 0 aliphatic carbocycles. The number of ether oxygens (including phenoxy) is 1. The largest absolute Gasteiger partial charge is 0.393 e. The van der Waals surface area contributed by atoms with Crippen LogP contribution in [0.3, 0.4) is 0 Å². The average molecular weight is 214 g/mol. The number of pyridine rings is 1. The fraction of sp³-hybridized carbons (Fsp3) is 0.500. The zero-order valence-electron chi connectivity index (χ0n) is 7.69. The van der Waals surface area contributed by atoms with Gasteiger partial charge in [0.05, 0.1) is 17.2 Å². The maximum atomic E-state index is 9.48. The van der Waals surface area contributed by atoms with Gasteiger partial charge < -0.3 is 9.84 Å². The number of aliphatic hydroxyl groups excluding tert-OH is 1. The summed E-state index contributed by atoms with van der Waals surface area (Å²) in [6.45, 7) is 0.596. The van der Waals surface area contributed by atoms with Crippen molar-refractivity contribution in [2.45, 2.75) is 25.0 Å². The Morgan fingerprint density at radius 2 is 2.36 bits per heavy atom. The van der Waals surface area contributed by atoms with Gasteiger partial charge in [0, 0.05) is 31.0 Å². The minimum absolute atomic E-state index is 0.0649. The van der Waals surface area contributed by atoms with E-state index in [1.54, 1.807) is 12.4 Å². The molecule has 0 radical (unpaired) electrons. The van der Waals surface area contributed by atoms with Gasteiger partial charge in [-0.2, -0.15) is 0 Å². The summed E-state index contributed by atoms with van der Waals surface area (Å²) >= 11 is 5.82. The standard InChI is InChI=1S/C10H12ClNO2/c11-8-3-7(5-12-6-8)10-4-9(13)1-2-14-10/h3,5-6,9-10,13H,1-2,4H2. The Morgan fingerprint density at radius 1 is 1.50 bits per heavy atom. The Morgan fingerprint density at radius 3 is 3.07 bits per heavy atom. The van der Waals surface area contributed by atoms with Crippen LogP contribution >= 0.6 is 11.6 Å². The van der Waals surface area contributed by atoms with Gasteiger partial charge in [0.2, 0.25) is 0 Å². The molecule has 2 unspecified atom stereocenters. The fourth-order valence-corrected chi connectivity index (χ4v) is 1.80. The highest BCUT2D eigenvalue weighted by Crippen LogP contribution is 2.28. The van der Waals surface area contributed by atoms with E-state index >= 15 is 0 Å². The van der Waals surface area contributed by atoms with Gasteiger partial charge in [-0.1, -0.05) is 11.6 Å². The van der Waals surface area contributed by atoms with Crippen molar-refractivity contribution in [1.29, 1.82) is 0 Å². The highest BCUT2D eigenvalue weighted by atomic mass is 35.5. The Kier molecular flexibility index (Phi) is 3.01. The molecule has 0 saturated carbocycles. The maximum absolute atomic E-state index is 9.48. The van der Waals surface area contributed by atoms with Crippen molar-refractivity contribution >= 4 is 11.6 Å². The molecule has 2 atom stereocenters. The molecule has 0 amide bonds. The van der Waals surface area contributed by atoms with Crippen LogP contribution in [0, 0.1) is 0 Å². The average Bonchev–Trinajstić information content (AvgIpc) is 2.18. The van der Waals surface area contributed by atoms with Crippen LogP contribution in [0.4, 0.5) is 0 Å². The van der Waals surface area contributed by atoms with Crippen LogP contribution in [0.25, 0.3) is 0 Å². The third-order valence-electron chi connectivity index (χ3n) is 2.35. The Bertz CT molecular complexity index is 319. The predicted octanol–water partition coefficient (Wildman–Crippen LogP) is 1.95. The topological polar surface area (TPSA) is 42.4 Å². The monoisotopic (exact) mass is 213 g/mol. The van der Waals surface area contributed by atoms with Crippen molar-refractivity contribution in [2.24, 2.45) is 0 Å². The second-order valence-electron chi connectivity index (χ2n) is 3.47. The zero-order chi connectivity index (χ0) is 9.97. The SMILES string of the molecule is OC1CCOC(c2cncc(Cl)c2)C1. The van der Waals surface area contributed by atoms with Gasteiger partial charge in [0.25, 0.3) is 0 Å². The second kappa shape index (κ2) is 4.26. The molecule has 1 aliphatic heterocycles. The number of halogens is 1. The molecule has 1 fully saturated rings. The number of hydrogen-bond acceptors (Lipinski definition) is 3. The molecule has 1 aromatic rings. The van der Waals surface area contributed by atoms with Gasteiger partial charge in [-0.15, -0.1) is 0 Å². The second-order valence-corrected chi connectivity index (χ2v) is 3.91. The lowest BCUT2D eigenvalue weighted by atomic mass is 10.0. The van der Waals surface area contributed by atoms with Gasteiger partial charge in [0.1, 0.15) is 0 Å². The Balaban J connectivity index is 2.14. The molecule has 0 spiro atoms. The van der Waals surface area contributed by atoms with Crippen LogP contribution in [0.15, 0.2) is 18.5 Å². The van der Waals surface area contributed by atoms with E-state index in [2.05, 4.69) is 4.98 Å². The van der Waals surface area contributed by atoms with Crippen LogP contribution < -0.4 is 0 Å². The first kappa shape index (κ1) is 9.90. The van der Waals surface area contributed by atoms with E-state index in [-0.39, 0.29) is 12.2 Å². The summed E-state index contributed by atoms with van der Waals surface area (Å²) < 4.78 is 5.53. The molecule has 14 heavy (non-hydrogen) atoms. The van der Waals surface area contributed by atoms with Gasteiger partial charge in [-0.3, -0.25) is 4.98 Å². The Hall–Kier alpha value is -0.640. The van der Waals surface area contributed by atoms with Gasteiger partial charge in [0.15, 0.2) is 0 Å². The first-order valence-electron chi connectivity index (χ1n) is 4.66. The highest BCUT2D eigenvalue weighted by Gasteiger charge is 2.22. The normalized spacial score (nSPS) is 27.6. The van der Waals surface area contributed by atoms with Crippen molar-refractivity contribution in [2.75, 3.05) is 6.61 Å². The smallest absolute Gasteiger partial charge is 0.0864 e. The lowest BCUT2D eigenvalue weighted by Gasteiger charge is -2.26. The van der Waals surface area contributed by atoms with Crippen LogP contribution in [-0.4, -0.2) is 22.8 Å². The molecule has 0 aromatic carbocycles. The molecule has 2 rings (SSSR count). The van der Waals surface area contributed by atoms with Gasteiger partial charge in [-0.05, 0) is 12.5 Å². The van der Waals surface area contributed by atoms with Gasteiger partial charge in [-0.25, -0.2) is 0 Å². The van der Waals surface area contributed by atoms with Crippen LogP contribution in [0.2, 0.25) is 5.02 Å². The molecule has 1 aliphatic rings. The predicted molar refractivity (Wildman–Crippen MR) is 53.2 cm³/mol. The summed E-state index contributed by atoms with van der Waals surface area (Å²) in [4.78, 5) is 3.99. The number of hydrogen-bond donors (Lipinski definition) is 1. The minimum Gasteiger partial charge on any atom is -0.393 e. The molecule has 1 saturated heterocycles. The molecular weight excluding hydrogens is 202 g/mol. The molecule has 76 valence electrons. The third-order valence-corrected chi connectivity index (χ3v) is 2.56. The summed E-state index contributed by atoms with van der Waals surface area (Å²) in [5.41, 5.74) is 0.941. The van der Waals surface area contributed by atoms with Crippen molar-refractivity contribution in [1.82, 2.24) is 4.98 Å². The molecular formula is C10H12ClNO2. The van der Waals surface area contributed by atoms with Crippen molar-refractivity contribution in [3.05, 3.63) is 29.0 Å². The molecule has 1 N–H and O–H groups in total. The summed E-state index contributed by atoms with van der Waals surface area (Å²) in [6.07, 6.45) is 4.32. The minimum atomic E-state index is -0.271. The highest BCUT2D eigenvalue weighted by molar-refractivity contribution is 6.30. The number of rotatable bonds is 1. The van der Waals surface area contributed by atoms with E-state index in [0.29, 0.717) is 24.5 Å².